The fraction of sp³-hybridized carbons (Fsp3) is 0.688. The lowest BCUT2D eigenvalue weighted by molar-refractivity contribution is 0.0884. The van der Waals surface area contributed by atoms with Gasteiger partial charge < -0.3 is 10.0 Å². The van der Waals surface area contributed by atoms with Gasteiger partial charge in [0.15, 0.2) is 5.82 Å². The van der Waals surface area contributed by atoms with E-state index in [9.17, 15) is 10.4 Å². The van der Waals surface area contributed by atoms with Gasteiger partial charge >= 0.3 is 0 Å². The van der Waals surface area contributed by atoms with Crippen LogP contribution in [0.3, 0.4) is 0 Å². The Morgan fingerprint density at radius 1 is 1.36 bits per heavy atom. The molecule has 1 aliphatic heterocycles. The maximum absolute atomic E-state index is 9.63. The van der Waals surface area contributed by atoms with Crippen LogP contribution in [0.1, 0.15) is 37.1 Å². The molecular formula is C16H25N5O. The molecular weight excluding hydrogens is 278 g/mol. The molecule has 0 radical (unpaired) electrons. The number of aliphatic hydroxyl groups is 1. The average molecular weight is 303 g/mol. The molecule has 2 heterocycles. The molecule has 6 nitrogen and oxygen atoms in total. The van der Waals surface area contributed by atoms with Crippen molar-refractivity contribution in [1.29, 1.82) is 5.26 Å². The van der Waals surface area contributed by atoms with Gasteiger partial charge in [-0.2, -0.15) is 10.4 Å². The largest absolute Gasteiger partial charge is 0.392 e. The molecule has 0 amide bonds. The second kappa shape index (κ2) is 7.03. The first-order valence-corrected chi connectivity index (χ1v) is 7.88. The predicted molar refractivity (Wildman–Crippen MR) is 85.8 cm³/mol. The van der Waals surface area contributed by atoms with Gasteiger partial charge in [-0.1, -0.05) is 6.92 Å². The van der Waals surface area contributed by atoms with Crippen LogP contribution in [0, 0.1) is 25.2 Å². The number of nitriles is 1. The number of hydrogen-bond donors (Lipinski definition) is 1. The van der Waals surface area contributed by atoms with Crippen LogP contribution in [0.25, 0.3) is 0 Å². The van der Waals surface area contributed by atoms with Gasteiger partial charge in [0.2, 0.25) is 0 Å². The molecule has 0 aliphatic carbocycles. The summed E-state index contributed by atoms with van der Waals surface area (Å²) in [5, 5.41) is 27.5. The molecule has 1 aliphatic rings. The van der Waals surface area contributed by atoms with Crippen LogP contribution in [0.5, 0.6) is 0 Å². The highest BCUT2D eigenvalue weighted by atomic mass is 16.3. The van der Waals surface area contributed by atoms with Crippen molar-refractivity contribution in [2.24, 2.45) is 0 Å². The van der Waals surface area contributed by atoms with E-state index >= 15 is 0 Å². The summed E-state index contributed by atoms with van der Waals surface area (Å²) in [6, 6.07) is 2.64. The molecule has 0 bridgehead atoms. The molecule has 0 aromatic carbocycles. The second-order valence-corrected chi connectivity index (χ2v) is 6.07. The number of hydrogen-bond acceptors (Lipinski definition) is 6. The van der Waals surface area contributed by atoms with E-state index in [1.807, 2.05) is 20.8 Å². The third-order valence-electron chi connectivity index (χ3n) is 4.42. The maximum Gasteiger partial charge on any atom is 0.169 e. The van der Waals surface area contributed by atoms with Crippen LogP contribution in [0.4, 0.5) is 5.82 Å². The van der Waals surface area contributed by atoms with E-state index in [2.05, 4.69) is 33.0 Å². The Labute approximate surface area is 132 Å². The van der Waals surface area contributed by atoms with Crippen molar-refractivity contribution < 1.29 is 5.11 Å². The van der Waals surface area contributed by atoms with Gasteiger partial charge in [0.25, 0.3) is 0 Å². The van der Waals surface area contributed by atoms with Crippen molar-refractivity contribution in [3.63, 3.8) is 0 Å². The Balaban J connectivity index is 2.22. The van der Waals surface area contributed by atoms with Crippen molar-refractivity contribution >= 4 is 5.82 Å². The summed E-state index contributed by atoms with van der Waals surface area (Å²) in [7, 11) is 0. The highest BCUT2D eigenvalue weighted by Crippen LogP contribution is 2.24. The fourth-order valence-electron chi connectivity index (χ4n) is 3.00. The quantitative estimate of drug-likeness (QED) is 0.902. The van der Waals surface area contributed by atoms with E-state index in [1.165, 1.54) is 0 Å². The summed E-state index contributed by atoms with van der Waals surface area (Å²) in [6.45, 7) is 10.9. The molecule has 1 aromatic rings. The normalized spacial score (nSPS) is 20.7. The highest BCUT2D eigenvalue weighted by Gasteiger charge is 2.29. The Morgan fingerprint density at radius 3 is 2.68 bits per heavy atom. The Kier molecular flexibility index (Phi) is 5.33. The first-order chi connectivity index (χ1) is 10.5. The van der Waals surface area contributed by atoms with Gasteiger partial charge in [0.1, 0.15) is 11.6 Å². The number of aryl methyl sites for hydroxylation is 1. The highest BCUT2D eigenvalue weighted by molar-refractivity contribution is 5.57. The number of rotatable bonds is 4. The summed E-state index contributed by atoms with van der Waals surface area (Å²) in [5.74, 6) is 0.695. The average Bonchev–Trinajstić information content (AvgIpc) is 2.49. The van der Waals surface area contributed by atoms with Crippen molar-refractivity contribution in [2.45, 2.75) is 46.3 Å². The minimum Gasteiger partial charge on any atom is -0.392 e. The maximum atomic E-state index is 9.63. The molecule has 0 spiro atoms. The van der Waals surface area contributed by atoms with Gasteiger partial charge in [-0.05, 0) is 32.8 Å². The summed E-state index contributed by atoms with van der Waals surface area (Å²) in [5.41, 5.74) is 2.35. The van der Waals surface area contributed by atoms with Crippen LogP contribution in [-0.4, -0.2) is 58.5 Å². The van der Waals surface area contributed by atoms with Crippen molar-refractivity contribution in [2.75, 3.05) is 31.1 Å². The van der Waals surface area contributed by atoms with E-state index in [4.69, 9.17) is 0 Å². The summed E-state index contributed by atoms with van der Waals surface area (Å²) in [4.78, 5) is 4.48. The zero-order chi connectivity index (χ0) is 16.3. The Morgan fingerprint density at radius 2 is 2.09 bits per heavy atom. The van der Waals surface area contributed by atoms with Crippen molar-refractivity contribution in [3.05, 3.63) is 16.8 Å². The Bertz CT molecular complexity index is 566. The van der Waals surface area contributed by atoms with Crippen molar-refractivity contribution in [1.82, 2.24) is 15.1 Å². The molecule has 1 fully saturated rings. The molecule has 1 saturated heterocycles. The standard InChI is InChI=1S/C16H25N5O/c1-5-14-10-21(7-6-20(14)9-11(2)22)16-15(8-17)12(3)13(4)18-19-16/h11,14,22H,5-7,9-10H2,1-4H3/t11-,14-/m0/s1. The Hall–Kier alpha value is -1.71. The van der Waals surface area contributed by atoms with Gasteiger partial charge in [-0.25, -0.2) is 0 Å². The van der Waals surface area contributed by atoms with Gasteiger partial charge in [-0.3, -0.25) is 4.90 Å². The number of nitrogens with zero attached hydrogens (tertiary/aromatic N) is 5. The van der Waals surface area contributed by atoms with Crippen LogP contribution in [-0.2, 0) is 0 Å². The molecule has 6 heteroatoms. The van der Waals surface area contributed by atoms with Gasteiger partial charge in [0.05, 0.1) is 11.8 Å². The lowest BCUT2D eigenvalue weighted by Gasteiger charge is -2.42. The molecule has 22 heavy (non-hydrogen) atoms. The topological polar surface area (TPSA) is 76.3 Å². The van der Waals surface area contributed by atoms with Crippen LogP contribution in [0.2, 0.25) is 0 Å². The minimum absolute atomic E-state index is 0.323. The molecule has 1 aromatic heterocycles. The van der Waals surface area contributed by atoms with E-state index in [0.29, 0.717) is 24.0 Å². The molecule has 0 unspecified atom stereocenters. The molecule has 1 N–H and O–H groups in total. The summed E-state index contributed by atoms with van der Waals surface area (Å²) >= 11 is 0. The zero-order valence-electron chi connectivity index (χ0n) is 13.9. The summed E-state index contributed by atoms with van der Waals surface area (Å²) in [6.07, 6.45) is 0.681. The monoisotopic (exact) mass is 303 g/mol. The number of aromatic nitrogens is 2. The van der Waals surface area contributed by atoms with E-state index < -0.39 is 0 Å². The number of aliphatic hydroxyl groups excluding tert-OH is 1. The molecule has 2 rings (SSSR count). The van der Waals surface area contributed by atoms with E-state index in [0.717, 1.165) is 37.3 Å². The predicted octanol–water partition coefficient (Wildman–Crippen LogP) is 1.25. The van der Waals surface area contributed by atoms with E-state index in [-0.39, 0.29) is 6.10 Å². The third kappa shape index (κ3) is 3.37. The van der Waals surface area contributed by atoms with Crippen LogP contribution >= 0.6 is 0 Å². The number of β-amino-alcohol motifs (C(OH)–C–C–N with tert-alkyl or cyclic N) is 1. The second-order valence-electron chi connectivity index (χ2n) is 6.07. The SMILES string of the molecule is CC[C@H]1CN(c2nnc(C)c(C)c2C#N)CCN1C[C@H](C)O. The van der Waals surface area contributed by atoms with E-state index in [1.54, 1.807) is 0 Å². The molecule has 120 valence electrons. The first kappa shape index (κ1) is 16.7. The van der Waals surface area contributed by atoms with Crippen LogP contribution < -0.4 is 4.90 Å². The molecule has 2 atom stereocenters. The molecule has 0 saturated carbocycles. The number of piperazine rings is 1. The first-order valence-electron chi connectivity index (χ1n) is 7.88. The smallest absolute Gasteiger partial charge is 0.169 e. The summed E-state index contributed by atoms with van der Waals surface area (Å²) < 4.78 is 0. The minimum atomic E-state index is -0.323. The van der Waals surface area contributed by atoms with Crippen LogP contribution in [0.15, 0.2) is 0 Å². The number of anilines is 1. The fourth-order valence-corrected chi connectivity index (χ4v) is 3.00. The van der Waals surface area contributed by atoms with Crippen molar-refractivity contribution in [3.8, 4) is 6.07 Å². The lowest BCUT2D eigenvalue weighted by Crippen LogP contribution is -2.55. The lowest BCUT2D eigenvalue weighted by atomic mass is 10.1. The third-order valence-corrected chi connectivity index (χ3v) is 4.42. The van der Waals surface area contributed by atoms with Gasteiger partial charge in [0, 0.05) is 32.2 Å². The van der Waals surface area contributed by atoms with Gasteiger partial charge in [-0.15, -0.1) is 5.10 Å². The zero-order valence-corrected chi connectivity index (χ0v) is 13.9.